The number of hydrogen-bond acceptors (Lipinski definition) is 5. The molecular formula is C4HBrFNO4S2. The molecule has 0 aliphatic rings. The van der Waals surface area contributed by atoms with Gasteiger partial charge in [0.15, 0.2) is 4.21 Å². The van der Waals surface area contributed by atoms with Crippen LogP contribution in [-0.4, -0.2) is 13.3 Å². The molecule has 0 atom stereocenters. The van der Waals surface area contributed by atoms with Gasteiger partial charge in [0.25, 0.3) is 5.69 Å². The van der Waals surface area contributed by atoms with E-state index in [4.69, 9.17) is 0 Å². The maximum absolute atomic E-state index is 12.3. The van der Waals surface area contributed by atoms with E-state index in [1.54, 1.807) is 0 Å². The topological polar surface area (TPSA) is 77.3 Å². The Kier molecular flexibility index (Phi) is 2.68. The van der Waals surface area contributed by atoms with Gasteiger partial charge in [0.05, 0.1) is 4.92 Å². The number of rotatable bonds is 2. The summed E-state index contributed by atoms with van der Waals surface area (Å²) in [6.45, 7) is 0. The molecule has 0 unspecified atom stereocenters. The first-order valence-electron chi connectivity index (χ1n) is 2.71. The molecule has 1 aromatic heterocycles. The average Bonchev–Trinajstić information content (AvgIpc) is 2.29. The van der Waals surface area contributed by atoms with E-state index in [2.05, 4.69) is 15.9 Å². The van der Waals surface area contributed by atoms with Crippen LogP contribution >= 0.6 is 27.3 Å². The highest BCUT2D eigenvalue weighted by Gasteiger charge is 2.24. The molecule has 0 bridgehead atoms. The minimum absolute atomic E-state index is 0.0197. The second kappa shape index (κ2) is 3.31. The van der Waals surface area contributed by atoms with E-state index in [0.29, 0.717) is 17.4 Å². The predicted octanol–water partition coefficient (Wildman–Crippen LogP) is 2.08. The van der Waals surface area contributed by atoms with Crippen LogP contribution in [0.2, 0.25) is 0 Å². The molecule has 1 aromatic rings. The number of thiophene rings is 1. The van der Waals surface area contributed by atoms with Gasteiger partial charge in [-0.3, -0.25) is 10.1 Å². The summed E-state index contributed by atoms with van der Waals surface area (Å²) in [4.78, 5) is 9.43. The van der Waals surface area contributed by atoms with Crippen LogP contribution in [0.3, 0.4) is 0 Å². The summed E-state index contributed by atoms with van der Waals surface area (Å²) in [5.74, 6) is 0. The molecule has 0 radical (unpaired) electrons. The Labute approximate surface area is 84.7 Å². The summed E-state index contributed by atoms with van der Waals surface area (Å²) in [6.07, 6.45) is 0. The second-order valence-corrected chi connectivity index (χ2v) is 5.86. The van der Waals surface area contributed by atoms with Crippen LogP contribution in [-0.2, 0) is 10.2 Å². The van der Waals surface area contributed by atoms with Crippen molar-refractivity contribution in [2.45, 2.75) is 4.21 Å². The zero-order chi connectivity index (χ0) is 10.2. The van der Waals surface area contributed by atoms with Crippen molar-refractivity contribution in [1.82, 2.24) is 0 Å². The van der Waals surface area contributed by atoms with Crippen molar-refractivity contribution in [2.24, 2.45) is 0 Å². The molecule has 1 rings (SSSR count). The summed E-state index contributed by atoms with van der Waals surface area (Å²) >= 11 is 3.22. The summed E-state index contributed by atoms with van der Waals surface area (Å²) in [5.41, 5.74) is -0.457. The quantitative estimate of drug-likeness (QED) is 0.474. The second-order valence-electron chi connectivity index (χ2n) is 1.92. The molecule has 0 saturated carbocycles. The van der Waals surface area contributed by atoms with Crippen LogP contribution in [0.25, 0.3) is 0 Å². The summed E-state index contributed by atoms with van der Waals surface area (Å²) in [5, 5.41) is 10.2. The van der Waals surface area contributed by atoms with Crippen LogP contribution in [0.5, 0.6) is 0 Å². The van der Waals surface area contributed by atoms with Crippen molar-refractivity contribution < 1.29 is 17.2 Å². The molecular weight excluding hydrogens is 289 g/mol. The minimum atomic E-state index is -4.85. The van der Waals surface area contributed by atoms with Gasteiger partial charge in [-0.1, -0.05) is 3.89 Å². The fourth-order valence-electron chi connectivity index (χ4n) is 0.583. The highest BCUT2D eigenvalue weighted by atomic mass is 79.9. The summed E-state index contributed by atoms with van der Waals surface area (Å²) < 4.78 is 32.3. The molecule has 72 valence electrons. The van der Waals surface area contributed by atoms with Crippen molar-refractivity contribution in [2.75, 3.05) is 0 Å². The van der Waals surface area contributed by atoms with Crippen LogP contribution < -0.4 is 0 Å². The van der Waals surface area contributed by atoms with Gasteiger partial charge in [-0.05, 0) is 15.9 Å². The van der Waals surface area contributed by atoms with Gasteiger partial charge in [-0.15, -0.1) is 11.3 Å². The molecule has 0 aliphatic heterocycles. The number of nitrogens with zero attached hydrogens (tertiary/aromatic N) is 1. The van der Waals surface area contributed by atoms with Crippen molar-refractivity contribution in [3.63, 3.8) is 0 Å². The standard InChI is InChI=1S/C4HBrFNO4S2/c5-4-2(7(8)9)1-3(12-4)13(6,10)11/h1H. The molecule has 13 heavy (non-hydrogen) atoms. The third kappa shape index (κ3) is 2.23. The molecule has 1 heterocycles. The Hall–Kier alpha value is -0.540. The Morgan fingerprint density at radius 2 is 2.15 bits per heavy atom. The monoisotopic (exact) mass is 289 g/mol. The van der Waals surface area contributed by atoms with E-state index in [9.17, 15) is 22.4 Å². The molecule has 0 aliphatic carbocycles. The lowest BCUT2D eigenvalue weighted by atomic mass is 10.6. The van der Waals surface area contributed by atoms with Crippen LogP contribution in [0, 0.1) is 10.1 Å². The first-order valence-corrected chi connectivity index (χ1v) is 5.70. The third-order valence-electron chi connectivity index (χ3n) is 1.08. The van der Waals surface area contributed by atoms with Gasteiger partial charge >= 0.3 is 10.2 Å². The van der Waals surface area contributed by atoms with Crippen molar-refractivity contribution >= 4 is 43.2 Å². The SMILES string of the molecule is O=[N+]([O-])c1cc(S(=O)(=O)F)sc1Br. The molecule has 5 nitrogen and oxygen atoms in total. The first kappa shape index (κ1) is 10.5. The van der Waals surface area contributed by atoms with Crippen molar-refractivity contribution in [3.8, 4) is 0 Å². The summed E-state index contributed by atoms with van der Waals surface area (Å²) in [7, 11) is -4.85. The normalized spacial score (nSPS) is 11.5. The lowest BCUT2D eigenvalue weighted by Gasteiger charge is -1.82. The molecule has 0 amide bonds. The number of hydrogen-bond donors (Lipinski definition) is 0. The van der Waals surface area contributed by atoms with E-state index in [1.807, 2.05) is 0 Å². The minimum Gasteiger partial charge on any atom is -0.258 e. The average molecular weight is 290 g/mol. The lowest BCUT2D eigenvalue weighted by molar-refractivity contribution is -0.385. The first-order chi connectivity index (χ1) is 5.82. The van der Waals surface area contributed by atoms with Crippen LogP contribution in [0.15, 0.2) is 14.1 Å². The largest absolute Gasteiger partial charge is 0.341 e. The molecule has 0 spiro atoms. The van der Waals surface area contributed by atoms with Gasteiger partial charge in [0, 0.05) is 6.07 Å². The number of nitro groups is 1. The maximum atomic E-state index is 12.3. The van der Waals surface area contributed by atoms with Crippen LogP contribution in [0.4, 0.5) is 9.57 Å². The zero-order valence-corrected chi connectivity index (χ0v) is 8.95. The smallest absolute Gasteiger partial charge is 0.258 e. The van der Waals surface area contributed by atoms with Gasteiger partial charge in [-0.2, -0.15) is 8.42 Å². The van der Waals surface area contributed by atoms with Crippen molar-refractivity contribution in [3.05, 3.63) is 20.0 Å². The van der Waals surface area contributed by atoms with Gasteiger partial charge in [0.2, 0.25) is 0 Å². The molecule has 0 aromatic carbocycles. The van der Waals surface area contributed by atoms with E-state index >= 15 is 0 Å². The Morgan fingerprint density at radius 3 is 2.38 bits per heavy atom. The van der Waals surface area contributed by atoms with E-state index in [-0.39, 0.29) is 3.79 Å². The predicted molar refractivity (Wildman–Crippen MR) is 47.0 cm³/mol. The van der Waals surface area contributed by atoms with Gasteiger partial charge in [-0.25, -0.2) is 0 Å². The van der Waals surface area contributed by atoms with Gasteiger partial charge < -0.3 is 0 Å². The third-order valence-corrected chi connectivity index (χ3v) is 4.13. The van der Waals surface area contributed by atoms with E-state index in [0.717, 1.165) is 0 Å². The van der Waals surface area contributed by atoms with Crippen LogP contribution in [0.1, 0.15) is 0 Å². The van der Waals surface area contributed by atoms with Crippen molar-refractivity contribution in [1.29, 1.82) is 0 Å². The highest BCUT2D eigenvalue weighted by molar-refractivity contribution is 9.11. The number of halogens is 2. The van der Waals surface area contributed by atoms with E-state index < -0.39 is 25.0 Å². The fraction of sp³-hybridized carbons (Fsp3) is 0. The molecule has 0 saturated heterocycles. The van der Waals surface area contributed by atoms with E-state index in [1.165, 1.54) is 0 Å². The lowest BCUT2D eigenvalue weighted by Crippen LogP contribution is -1.87. The molecule has 9 heteroatoms. The molecule has 0 fully saturated rings. The molecule has 0 N–H and O–H groups in total. The maximum Gasteiger partial charge on any atom is 0.341 e. The zero-order valence-electron chi connectivity index (χ0n) is 5.73. The highest BCUT2D eigenvalue weighted by Crippen LogP contribution is 2.36. The fourth-order valence-corrected chi connectivity index (χ4v) is 3.17. The summed E-state index contributed by atoms with van der Waals surface area (Å²) in [6, 6.07) is 0.671. The Morgan fingerprint density at radius 1 is 1.62 bits per heavy atom. The Bertz CT molecular complexity index is 453. The van der Waals surface area contributed by atoms with Gasteiger partial charge in [0.1, 0.15) is 3.79 Å². The Balaban J connectivity index is 3.33.